The number of rotatable bonds is 8. The van der Waals surface area contributed by atoms with Crippen LogP contribution in [-0.2, 0) is 9.59 Å². The van der Waals surface area contributed by atoms with E-state index in [1.807, 2.05) is 41.6 Å². The van der Waals surface area contributed by atoms with Gasteiger partial charge in [-0.05, 0) is 76.3 Å². The molecule has 4 aromatic heterocycles. The largest absolute Gasteiger partial charge is 0.357 e. The predicted molar refractivity (Wildman–Crippen MR) is 169 cm³/mol. The lowest BCUT2D eigenvalue weighted by Crippen LogP contribution is -2.52. The van der Waals surface area contributed by atoms with Crippen molar-refractivity contribution in [2.75, 3.05) is 18.0 Å². The monoisotopic (exact) mass is 605 g/mol. The number of carbonyl (C=O) groups is 2. The van der Waals surface area contributed by atoms with Crippen LogP contribution in [0.4, 0.5) is 5.82 Å². The van der Waals surface area contributed by atoms with Gasteiger partial charge in [0.25, 0.3) is 0 Å². The van der Waals surface area contributed by atoms with E-state index in [0.29, 0.717) is 28.5 Å². The number of aromatic nitrogens is 6. The van der Waals surface area contributed by atoms with Crippen LogP contribution in [0.5, 0.6) is 0 Å². The summed E-state index contributed by atoms with van der Waals surface area (Å²) in [6.45, 7) is 3.68. The Morgan fingerprint density at radius 1 is 1.04 bits per heavy atom. The maximum absolute atomic E-state index is 13.2. The molecule has 1 N–H and O–H groups in total. The number of nitrogens with zero attached hydrogens (tertiary/aromatic N) is 8. The van der Waals surface area contributed by atoms with Crippen molar-refractivity contribution in [3.8, 4) is 28.6 Å². The molecular formula is C34H39N9O2. The van der Waals surface area contributed by atoms with Crippen LogP contribution in [-0.4, -0.2) is 60.7 Å². The lowest BCUT2D eigenvalue weighted by Gasteiger charge is -2.42. The molecule has 2 saturated carbocycles. The number of piperidine rings is 1. The molecule has 1 aliphatic heterocycles. The molecule has 1 saturated heterocycles. The summed E-state index contributed by atoms with van der Waals surface area (Å²) in [5, 5.41) is 22.2. The molecule has 1 amide bonds. The highest BCUT2D eigenvalue weighted by atomic mass is 16.2. The molecule has 7 rings (SSSR count). The van der Waals surface area contributed by atoms with Crippen molar-refractivity contribution in [1.29, 1.82) is 5.26 Å². The fourth-order valence-corrected chi connectivity index (χ4v) is 7.12. The van der Waals surface area contributed by atoms with Gasteiger partial charge in [-0.25, -0.2) is 14.5 Å². The summed E-state index contributed by atoms with van der Waals surface area (Å²) >= 11 is 0. The molecule has 3 aliphatic rings. The van der Waals surface area contributed by atoms with E-state index in [1.165, 1.54) is 6.42 Å². The van der Waals surface area contributed by atoms with E-state index in [-0.39, 0.29) is 23.3 Å². The van der Waals surface area contributed by atoms with Gasteiger partial charge in [-0.2, -0.15) is 15.5 Å². The summed E-state index contributed by atoms with van der Waals surface area (Å²) in [7, 11) is 0. The highest BCUT2D eigenvalue weighted by Gasteiger charge is 2.41. The van der Waals surface area contributed by atoms with E-state index in [2.05, 4.69) is 33.4 Å². The first-order valence-corrected chi connectivity index (χ1v) is 16.3. The summed E-state index contributed by atoms with van der Waals surface area (Å²) < 4.78 is 3.70. The van der Waals surface area contributed by atoms with Gasteiger partial charge in [0.15, 0.2) is 0 Å². The molecule has 232 valence electrons. The molecule has 5 heterocycles. The van der Waals surface area contributed by atoms with E-state index in [1.54, 1.807) is 10.7 Å². The number of hydrogen-bond donors (Lipinski definition) is 1. The number of nitriles is 1. The van der Waals surface area contributed by atoms with E-state index in [4.69, 9.17) is 9.97 Å². The summed E-state index contributed by atoms with van der Waals surface area (Å²) in [6.07, 6.45) is 19.6. The lowest BCUT2D eigenvalue weighted by molar-refractivity contribution is -0.134. The number of carbonyl (C=O) groups excluding carboxylic acids is 2. The van der Waals surface area contributed by atoms with Crippen LogP contribution in [0, 0.1) is 22.7 Å². The number of anilines is 1. The fourth-order valence-electron chi connectivity index (χ4n) is 7.12. The van der Waals surface area contributed by atoms with E-state index >= 15 is 0 Å². The highest BCUT2D eigenvalue weighted by Crippen LogP contribution is 2.38. The Hall–Kier alpha value is -4.59. The third kappa shape index (κ3) is 5.47. The van der Waals surface area contributed by atoms with Crippen LogP contribution in [0.15, 0.2) is 43.1 Å². The molecule has 3 fully saturated rings. The second kappa shape index (κ2) is 12.1. The first-order chi connectivity index (χ1) is 22.0. The average molecular weight is 606 g/mol. The van der Waals surface area contributed by atoms with Crippen LogP contribution >= 0.6 is 0 Å². The normalized spacial score (nSPS) is 21.6. The number of aldehydes is 1. The summed E-state index contributed by atoms with van der Waals surface area (Å²) in [5.74, 6) is 1.24. The minimum Gasteiger partial charge on any atom is -0.357 e. The Balaban J connectivity index is 1.12. The second-order valence-electron chi connectivity index (χ2n) is 13.0. The quantitative estimate of drug-likeness (QED) is 0.274. The van der Waals surface area contributed by atoms with Gasteiger partial charge in [0, 0.05) is 48.6 Å². The van der Waals surface area contributed by atoms with Crippen molar-refractivity contribution in [2.45, 2.75) is 83.2 Å². The van der Waals surface area contributed by atoms with Crippen molar-refractivity contribution < 1.29 is 9.59 Å². The summed E-state index contributed by atoms with van der Waals surface area (Å²) in [5.41, 5.74) is 3.78. The SMILES string of the molecule is CCC1(C(=O)NC2CCC2)CCN(c2ccc(-c3nc(-c4cnn([C@H]5CC[C@H](C=O)CC5)c4)cn4ncc(C#N)c34)cn2)CC1. The first kappa shape index (κ1) is 29.1. The molecule has 45 heavy (non-hydrogen) atoms. The van der Waals surface area contributed by atoms with Gasteiger partial charge in [0.2, 0.25) is 5.91 Å². The Labute approximate surface area is 262 Å². The van der Waals surface area contributed by atoms with Crippen LogP contribution in [0.2, 0.25) is 0 Å². The predicted octanol–water partition coefficient (Wildman–Crippen LogP) is 5.12. The first-order valence-electron chi connectivity index (χ1n) is 16.3. The molecule has 0 atom stereocenters. The Bertz CT molecular complexity index is 1730. The summed E-state index contributed by atoms with van der Waals surface area (Å²) in [6, 6.07) is 6.88. The van der Waals surface area contributed by atoms with Gasteiger partial charge in [-0.15, -0.1) is 0 Å². The molecule has 0 bridgehead atoms. The van der Waals surface area contributed by atoms with E-state index in [9.17, 15) is 14.9 Å². The van der Waals surface area contributed by atoms with Gasteiger partial charge < -0.3 is 15.0 Å². The highest BCUT2D eigenvalue weighted by molar-refractivity contribution is 5.84. The minimum atomic E-state index is -0.305. The number of fused-ring (bicyclic) bond motifs is 1. The van der Waals surface area contributed by atoms with Crippen molar-refractivity contribution in [2.24, 2.45) is 11.3 Å². The van der Waals surface area contributed by atoms with Crippen molar-refractivity contribution in [3.63, 3.8) is 0 Å². The molecule has 0 aromatic carbocycles. The smallest absolute Gasteiger partial charge is 0.226 e. The molecular weight excluding hydrogens is 566 g/mol. The maximum atomic E-state index is 13.2. The topological polar surface area (TPSA) is 134 Å². The zero-order chi connectivity index (χ0) is 31.0. The lowest BCUT2D eigenvalue weighted by atomic mass is 9.74. The third-order valence-corrected chi connectivity index (χ3v) is 10.5. The van der Waals surface area contributed by atoms with Crippen molar-refractivity contribution >= 4 is 23.5 Å². The minimum absolute atomic E-state index is 0.153. The summed E-state index contributed by atoms with van der Waals surface area (Å²) in [4.78, 5) is 36.5. The Morgan fingerprint density at radius 2 is 1.84 bits per heavy atom. The van der Waals surface area contributed by atoms with Crippen molar-refractivity contribution in [1.82, 2.24) is 34.7 Å². The second-order valence-corrected chi connectivity index (χ2v) is 13.0. The number of hydrogen-bond acceptors (Lipinski definition) is 8. The van der Waals surface area contributed by atoms with Crippen LogP contribution in [0.1, 0.15) is 82.7 Å². The molecule has 2 aliphatic carbocycles. The molecule has 11 nitrogen and oxygen atoms in total. The van der Waals surface area contributed by atoms with Crippen molar-refractivity contribution in [3.05, 3.63) is 48.7 Å². The Kier molecular flexibility index (Phi) is 7.81. The zero-order valence-corrected chi connectivity index (χ0v) is 25.7. The average Bonchev–Trinajstić information content (AvgIpc) is 3.74. The Morgan fingerprint density at radius 3 is 2.49 bits per heavy atom. The van der Waals surface area contributed by atoms with E-state index < -0.39 is 0 Å². The van der Waals surface area contributed by atoms with Gasteiger partial charge >= 0.3 is 0 Å². The molecule has 4 aromatic rings. The molecule has 0 unspecified atom stereocenters. The molecule has 0 radical (unpaired) electrons. The van der Waals surface area contributed by atoms with Crippen LogP contribution in [0.25, 0.3) is 28.0 Å². The van der Waals surface area contributed by atoms with Gasteiger partial charge in [-0.1, -0.05) is 6.92 Å². The number of pyridine rings is 1. The molecule has 11 heteroatoms. The number of nitrogens with one attached hydrogen (secondary N) is 1. The van der Waals surface area contributed by atoms with Gasteiger partial charge in [0.05, 0.1) is 41.4 Å². The standard InChI is InChI=1S/C34H39N9O2/c1-2-34(33(45)39-27-4-3-5-27)12-14-41(15-13-34)30-11-8-24(17-36-30)31-32-25(16-35)18-38-43(32)21-29(40-31)26-19-37-42(20-26)28-9-6-23(22-44)7-10-28/h8,11,17-23,27-28H,2-7,9-10,12-15H2,1H3,(H,39,45)/t23-,28-. The zero-order valence-electron chi connectivity index (χ0n) is 25.7. The van der Waals surface area contributed by atoms with E-state index in [0.717, 1.165) is 94.1 Å². The fraction of sp³-hybridized carbons (Fsp3) is 0.500. The molecule has 0 spiro atoms. The third-order valence-electron chi connectivity index (χ3n) is 10.5. The van der Waals surface area contributed by atoms with Crippen LogP contribution in [0.3, 0.4) is 0 Å². The van der Waals surface area contributed by atoms with Gasteiger partial charge in [0.1, 0.15) is 29.3 Å². The van der Waals surface area contributed by atoms with Gasteiger partial charge in [-0.3, -0.25) is 9.48 Å². The maximum Gasteiger partial charge on any atom is 0.226 e. The van der Waals surface area contributed by atoms with Crippen LogP contribution < -0.4 is 10.2 Å². The number of amides is 1.